The van der Waals surface area contributed by atoms with Crippen LogP contribution in [-0.4, -0.2) is 51.2 Å². The number of hydrogen-bond acceptors (Lipinski definition) is 0. The minimum atomic E-state index is 1.19. The molecule has 0 aromatic rings. The summed E-state index contributed by atoms with van der Waals surface area (Å²) in [4.78, 5) is 0. The van der Waals surface area contributed by atoms with Crippen molar-refractivity contribution in [3.63, 3.8) is 0 Å². The van der Waals surface area contributed by atoms with E-state index in [0.29, 0.717) is 0 Å². The van der Waals surface area contributed by atoms with Crippen LogP contribution in [0.25, 0.3) is 0 Å². The molecule has 0 atom stereocenters. The van der Waals surface area contributed by atoms with Crippen LogP contribution in [0.1, 0.15) is 0 Å². The molecule has 0 heterocycles. The first-order valence-corrected chi connectivity index (χ1v) is 4.93. The van der Waals surface area contributed by atoms with Gasteiger partial charge in [0.2, 0.25) is 0 Å². The van der Waals surface area contributed by atoms with Gasteiger partial charge in [0.1, 0.15) is 0 Å². The molecular weight excluding hydrogens is 367 g/mol. The molecule has 0 N–H and O–H groups in total. The molecule has 0 saturated heterocycles. The van der Waals surface area contributed by atoms with Crippen molar-refractivity contribution in [1.29, 1.82) is 0 Å². The van der Waals surface area contributed by atoms with Gasteiger partial charge in [0.15, 0.2) is 0 Å². The molecular formula is C3H4BiSb. The van der Waals surface area contributed by atoms with Crippen LogP contribution in [0.2, 0.25) is 0 Å². The van der Waals surface area contributed by atoms with Crippen molar-refractivity contribution in [2.24, 2.45) is 0 Å². The molecule has 2 radical (unpaired) electrons. The van der Waals surface area contributed by atoms with Crippen molar-refractivity contribution < 1.29 is 0 Å². The third-order valence-corrected chi connectivity index (χ3v) is 1.42. The van der Waals surface area contributed by atoms with Gasteiger partial charge in [0.05, 0.1) is 0 Å². The first-order chi connectivity index (χ1) is 2.41. The molecule has 0 aromatic heterocycles. The van der Waals surface area contributed by atoms with Gasteiger partial charge in [-0.05, 0) is 0 Å². The van der Waals surface area contributed by atoms with Crippen molar-refractivity contribution >= 4 is 51.2 Å². The van der Waals surface area contributed by atoms with E-state index < -0.39 is 0 Å². The molecule has 0 unspecified atom stereocenters. The second-order valence-corrected chi connectivity index (χ2v) is 2.65. The summed E-state index contributed by atoms with van der Waals surface area (Å²) in [6, 6.07) is 0. The van der Waals surface area contributed by atoms with Gasteiger partial charge in [0, 0.05) is 0 Å². The van der Waals surface area contributed by atoms with E-state index in [1.165, 1.54) is 24.7 Å². The summed E-state index contributed by atoms with van der Waals surface area (Å²) in [6.45, 7) is 0. The SMILES string of the molecule is [Sb]=[CH]C=[CH][BiH]. The van der Waals surface area contributed by atoms with Gasteiger partial charge in [0.25, 0.3) is 0 Å². The van der Waals surface area contributed by atoms with E-state index in [9.17, 15) is 0 Å². The summed E-state index contributed by atoms with van der Waals surface area (Å²) in [6.07, 6.45) is 2.08. The Hall–Kier alpha value is 1.31. The van der Waals surface area contributed by atoms with Crippen molar-refractivity contribution in [1.82, 2.24) is 0 Å². The third kappa shape index (κ3) is 5.31. The van der Waals surface area contributed by atoms with Crippen molar-refractivity contribution in [2.45, 2.75) is 0 Å². The molecule has 0 aliphatic rings. The average Bonchev–Trinajstić information content (AvgIpc) is 1.41. The average molecular weight is 371 g/mol. The molecule has 5 heavy (non-hydrogen) atoms. The maximum absolute atomic E-state index is 2.15. The van der Waals surface area contributed by atoms with Crippen LogP contribution in [0.3, 0.4) is 0 Å². The fourth-order valence-electron chi connectivity index (χ4n) is 0.0430. The van der Waals surface area contributed by atoms with Crippen LogP contribution in [-0.2, 0) is 0 Å². The van der Waals surface area contributed by atoms with Gasteiger partial charge in [-0.3, -0.25) is 0 Å². The maximum atomic E-state index is 2.15. The van der Waals surface area contributed by atoms with Gasteiger partial charge < -0.3 is 0 Å². The normalized spacial score (nSPS) is 9.00. The molecule has 0 bridgehead atoms. The van der Waals surface area contributed by atoms with E-state index in [2.05, 4.69) is 13.8 Å². The Morgan fingerprint density at radius 1 is 1.60 bits per heavy atom. The Labute approximate surface area is 60.5 Å². The third-order valence-electron chi connectivity index (χ3n) is 0.182. The van der Waals surface area contributed by atoms with Crippen molar-refractivity contribution in [2.75, 3.05) is 0 Å². The molecule has 0 spiro atoms. The molecule has 0 rings (SSSR count). The van der Waals surface area contributed by atoms with E-state index >= 15 is 0 Å². The zero-order valence-corrected chi connectivity index (χ0v) is 9.12. The van der Waals surface area contributed by atoms with Crippen LogP contribution in [0.4, 0.5) is 0 Å². The first kappa shape index (κ1) is 6.31. The second kappa shape index (κ2) is 5.31. The van der Waals surface area contributed by atoms with Gasteiger partial charge in [-0.2, -0.15) is 0 Å². The molecule has 0 aromatic carbocycles. The molecule has 0 fully saturated rings. The zero-order chi connectivity index (χ0) is 4.12. The first-order valence-electron chi connectivity index (χ1n) is 1.21. The quantitative estimate of drug-likeness (QED) is 0.539. The number of hydrogen-bond donors (Lipinski definition) is 0. The Morgan fingerprint density at radius 2 is 2.20 bits per heavy atom. The Bertz CT molecular complexity index is 48.9. The fraction of sp³-hybridized carbons (Fsp3) is 0. The van der Waals surface area contributed by atoms with Crippen LogP contribution < -0.4 is 0 Å². The summed E-state index contributed by atoms with van der Waals surface area (Å²) in [5, 5.41) is 0. The van der Waals surface area contributed by atoms with Crippen LogP contribution in [0.5, 0.6) is 0 Å². The van der Waals surface area contributed by atoms with E-state index in [0.717, 1.165) is 0 Å². The minimum absolute atomic E-state index is 1.19. The van der Waals surface area contributed by atoms with Gasteiger partial charge in [-0.1, -0.05) is 0 Å². The standard InChI is InChI=1S/C3H3.Bi.Sb.H/c1-3-2;;;/h1-3H;;;. The Kier molecular flexibility index (Phi) is 6.70. The summed E-state index contributed by atoms with van der Waals surface area (Å²) in [5.41, 5.74) is 0. The molecule has 26 valence electrons. The number of rotatable bonds is 1. The summed E-state index contributed by atoms with van der Waals surface area (Å²) >= 11 is 2.92. The molecule has 0 aliphatic heterocycles. The summed E-state index contributed by atoms with van der Waals surface area (Å²) < 4.78 is 4.24. The summed E-state index contributed by atoms with van der Waals surface area (Å²) in [7, 11) is 0. The predicted molar refractivity (Wildman–Crippen MR) is 28.1 cm³/mol. The predicted octanol–water partition coefficient (Wildman–Crippen LogP) is -0.628. The Balaban J connectivity index is 2.92. The molecule has 2 heteroatoms. The molecule has 0 amide bonds. The van der Waals surface area contributed by atoms with Crippen molar-refractivity contribution in [3.05, 3.63) is 9.86 Å². The van der Waals surface area contributed by atoms with E-state index in [1.54, 1.807) is 22.5 Å². The second-order valence-electron chi connectivity index (χ2n) is 0.508. The van der Waals surface area contributed by atoms with Crippen LogP contribution in [0, 0.1) is 0 Å². The van der Waals surface area contributed by atoms with Gasteiger partial charge in [-0.15, -0.1) is 0 Å². The van der Waals surface area contributed by atoms with Gasteiger partial charge >= 0.3 is 61.1 Å². The molecule has 0 nitrogen and oxygen atoms in total. The van der Waals surface area contributed by atoms with Crippen LogP contribution in [0.15, 0.2) is 9.86 Å². The Morgan fingerprint density at radius 3 is 2.20 bits per heavy atom. The van der Waals surface area contributed by atoms with Gasteiger partial charge in [-0.25, -0.2) is 0 Å². The molecule has 0 aliphatic carbocycles. The van der Waals surface area contributed by atoms with Crippen molar-refractivity contribution in [3.8, 4) is 0 Å². The molecule has 0 saturated carbocycles. The number of allylic oxidation sites excluding steroid dienone is 1. The zero-order valence-electron chi connectivity index (χ0n) is 2.68. The van der Waals surface area contributed by atoms with E-state index in [4.69, 9.17) is 0 Å². The van der Waals surface area contributed by atoms with Crippen LogP contribution >= 0.6 is 0 Å². The van der Waals surface area contributed by atoms with E-state index in [-0.39, 0.29) is 0 Å². The summed E-state index contributed by atoms with van der Waals surface area (Å²) in [5.74, 6) is 0. The fourth-order valence-corrected chi connectivity index (χ4v) is 2.53. The monoisotopic (exact) mass is 370 g/mol. The van der Waals surface area contributed by atoms with E-state index in [1.807, 2.05) is 0 Å². The topological polar surface area (TPSA) is 0 Å².